The van der Waals surface area contributed by atoms with Gasteiger partial charge in [-0.3, -0.25) is 14.6 Å². The molecule has 2 aliphatic rings. The smallest absolute Gasteiger partial charge is 0.326 e. The number of benzene rings is 3. The topological polar surface area (TPSA) is 90.6 Å². The van der Waals surface area contributed by atoms with Gasteiger partial charge in [0.15, 0.2) is 0 Å². The summed E-state index contributed by atoms with van der Waals surface area (Å²) in [6, 6.07) is 16.4. The number of likely N-dealkylation sites (tertiary alicyclic amines) is 1. The second-order valence-corrected chi connectivity index (χ2v) is 11.3. The van der Waals surface area contributed by atoms with E-state index >= 15 is 0 Å². The lowest BCUT2D eigenvalue weighted by atomic mass is 9.84. The van der Waals surface area contributed by atoms with Crippen LogP contribution in [0.3, 0.4) is 0 Å². The highest BCUT2D eigenvalue weighted by atomic mass is 35.5. The van der Waals surface area contributed by atoms with Crippen molar-refractivity contribution in [2.45, 2.75) is 19.0 Å². The number of ether oxygens (including phenoxy) is 1. The summed E-state index contributed by atoms with van der Waals surface area (Å²) >= 11 is 19.9. The van der Waals surface area contributed by atoms with Gasteiger partial charge in [-0.2, -0.15) is 0 Å². The largest absolute Gasteiger partial charge is 0.469 e. The summed E-state index contributed by atoms with van der Waals surface area (Å²) in [5.41, 5.74) is 5.37. The van der Waals surface area contributed by atoms with Crippen molar-refractivity contribution in [3.63, 3.8) is 0 Å². The van der Waals surface area contributed by atoms with Crippen molar-refractivity contribution in [3.05, 3.63) is 99.0 Å². The first-order valence-corrected chi connectivity index (χ1v) is 14.2. The van der Waals surface area contributed by atoms with Crippen molar-refractivity contribution < 1.29 is 14.3 Å². The summed E-state index contributed by atoms with van der Waals surface area (Å²) in [7, 11) is 1.41. The number of aromatic amines is 1. The lowest BCUT2D eigenvalue weighted by molar-refractivity contribution is -0.145. The molecule has 2 amide bonds. The summed E-state index contributed by atoms with van der Waals surface area (Å²) in [5.74, 6) is -0.928. The number of amides is 2. The van der Waals surface area contributed by atoms with Gasteiger partial charge < -0.3 is 15.0 Å². The van der Waals surface area contributed by atoms with Crippen molar-refractivity contribution in [1.82, 2.24) is 20.2 Å². The Hall–Kier alpha value is -3.56. The number of anilines is 2. The predicted octanol–water partition coefficient (Wildman–Crippen LogP) is 6.79. The van der Waals surface area contributed by atoms with Crippen molar-refractivity contribution in [2.75, 3.05) is 25.1 Å². The molecule has 0 saturated carbocycles. The number of aromatic nitrogens is 2. The molecular formula is C30H26Cl3N5O3. The van der Waals surface area contributed by atoms with Gasteiger partial charge in [-0.15, -0.1) is 0 Å². The molecule has 4 aromatic rings. The van der Waals surface area contributed by atoms with E-state index in [1.165, 1.54) is 12.0 Å². The number of nitrogens with one attached hydrogen (secondary N) is 2. The summed E-state index contributed by atoms with van der Waals surface area (Å²) < 4.78 is 5.24. The number of methoxy groups -OCH3 is 1. The van der Waals surface area contributed by atoms with Crippen LogP contribution in [0.1, 0.15) is 22.7 Å². The average molecular weight is 611 g/mol. The minimum absolute atomic E-state index is 0.217. The van der Waals surface area contributed by atoms with E-state index in [0.29, 0.717) is 46.1 Å². The Kier molecular flexibility index (Phi) is 7.66. The molecule has 1 fully saturated rings. The van der Waals surface area contributed by atoms with E-state index < -0.39 is 5.92 Å². The Morgan fingerprint density at radius 1 is 1.02 bits per heavy atom. The third kappa shape index (κ3) is 5.17. The van der Waals surface area contributed by atoms with Gasteiger partial charge in [0, 0.05) is 60.1 Å². The summed E-state index contributed by atoms with van der Waals surface area (Å²) in [6.07, 6.45) is 3.41. The zero-order valence-electron chi connectivity index (χ0n) is 22.0. The molecule has 2 unspecified atom stereocenters. The molecule has 2 atom stereocenters. The van der Waals surface area contributed by atoms with Gasteiger partial charge in [-0.1, -0.05) is 65.1 Å². The van der Waals surface area contributed by atoms with Crippen molar-refractivity contribution >= 4 is 58.2 Å². The third-order valence-corrected chi connectivity index (χ3v) is 8.65. The van der Waals surface area contributed by atoms with Gasteiger partial charge in [0.2, 0.25) is 0 Å². The summed E-state index contributed by atoms with van der Waals surface area (Å²) in [6.45, 7) is 1.99. The Morgan fingerprint density at radius 2 is 1.78 bits per heavy atom. The lowest BCUT2D eigenvalue weighted by Crippen LogP contribution is -2.42. The van der Waals surface area contributed by atoms with Crippen LogP contribution in [0.5, 0.6) is 0 Å². The minimum Gasteiger partial charge on any atom is -0.469 e. The van der Waals surface area contributed by atoms with Crippen LogP contribution in [-0.2, 0) is 22.6 Å². The van der Waals surface area contributed by atoms with Crippen LogP contribution in [0.2, 0.25) is 15.1 Å². The molecule has 3 aromatic carbocycles. The van der Waals surface area contributed by atoms with Gasteiger partial charge in [-0.05, 0) is 35.4 Å². The van der Waals surface area contributed by atoms with E-state index in [1.54, 1.807) is 30.7 Å². The number of carbonyl (C=O) groups excluding carboxylic acids is 2. The first-order valence-electron chi connectivity index (χ1n) is 13.1. The highest BCUT2D eigenvalue weighted by Gasteiger charge is 2.41. The highest BCUT2D eigenvalue weighted by Crippen LogP contribution is 2.47. The SMILES string of the molecule is COC(=O)C1CN(Cc2cnc[nH]2)CC1c1cc(-c2ccccc2Cl)c2c(c1)N(c1c(Cl)cccc1Cl)C(=O)NC2. The molecule has 3 heterocycles. The number of urea groups is 1. The Bertz CT molecular complexity index is 1610. The number of H-pyrrole nitrogens is 1. The summed E-state index contributed by atoms with van der Waals surface area (Å²) in [4.78, 5) is 37.5. The van der Waals surface area contributed by atoms with E-state index in [2.05, 4.69) is 26.3 Å². The number of rotatable bonds is 6. The third-order valence-electron chi connectivity index (χ3n) is 7.71. The van der Waals surface area contributed by atoms with E-state index in [0.717, 1.165) is 27.9 Å². The summed E-state index contributed by atoms with van der Waals surface area (Å²) in [5, 5.41) is 4.21. The second kappa shape index (κ2) is 11.4. The van der Waals surface area contributed by atoms with Gasteiger partial charge in [0.25, 0.3) is 0 Å². The molecule has 210 valence electrons. The van der Waals surface area contributed by atoms with Gasteiger partial charge >= 0.3 is 12.0 Å². The normalized spacial score (nSPS) is 18.7. The molecule has 2 aliphatic heterocycles. The number of para-hydroxylation sites is 1. The fourth-order valence-electron chi connectivity index (χ4n) is 5.83. The van der Waals surface area contributed by atoms with Gasteiger partial charge in [0.1, 0.15) is 0 Å². The first kappa shape index (κ1) is 27.6. The van der Waals surface area contributed by atoms with E-state index in [-0.39, 0.29) is 24.5 Å². The van der Waals surface area contributed by atoms with Crippen LogP contribution in [0.25, 0.3) is 11.1 Å². The van der Waals surface area contributed by atoms with E-state index in [9.17, 15) is 9.59 Å². The number of esters is 1. The lowest BCUT2D eigenvalue weighted by Gasteiger charge is -2.34. The molecule has 6 rings (SSSR count). The number of fused-ring (bicyclic) bond motifs is 1. The number of halogens is 3. The fourth-order valence-corrected chi connectivity index (χ4v) is 6.63. The number of hydrogen-bond acceptors (Lipinski definition) is 5. The maximum absolute atomic E-state index is 13.4. The van der Waals surface area contributed by atoms with Gasteiger partial charge in [0.05, 0.1) is 40.8 Å². The van der Waals surface area contributed by atoms with Crippen LogP contribution < -0.4 is 10.2 Å². The molecule has 41 heavy (non-hydrogen) atoms. The number of carbonyl (C=O) groups is 2. The minimum atomic E-state index is -0.421. The van der Waals surface area contributed by atoms with Gasteiger partial charge in [-0.25, -0.2) is 9.78 Å². The monoisotopic (exact) mass is 609 g/mol. The predicted molar refractivity (Wildman–Crippen MR) is 160 cm³/mol. The molecule has 8 nitrogen and oxygen atoms in total. The standard InChI is InChI=1S/C30H26Cl3N5O3/c1-41-29(39)23-15-37(13-18-11-34-16-36-18)14-22(23)17-9-20(19-5-2-3-6-24(19)31)21-12-35-30(40)38(27(21)10-17)28-25(32)7-4-8-26(28)33/h2-11,16,22-23H,12-15H2,1H3,(H,34,36)(H,35,40). The van der Waals surface area contributed by atoms with E-state index in [4.69, 9.17) is 39.5 Å². The second-order valence-electron chi connectivity index (χ2n) is 10.1. The number of imidazole rings is 1. The van der Waals surface area contributed by atoms with Crippen LogP contribution in [0.4, 0.5) is 16.2 Å². The molecule has 2 N–H and O–H groups in total. The molecule has 0 bridgehead atoms. The highest BCUT2D eigenvalue weighted by molar-refractivity contribution is 6.40. The molecule has 0 radical (unpaired) electrons. The van der Waals surface area contributed by atoms with E-state index in [1.807, 2.05) is 30.3 Å². The average Bonchev–Trinajstić information content (AvgIpc) is 3.64. The van der Waals surface area contributed by atoms with Crippen LogP contribution in [0.15, 0.2) is 67.1 Å². The quantitative estimate of drug-likeness (QED) is 0.235. The zero-order chi connectivity index (χ0) is 28.7. The fraction of sp³-hybridized carbons (Fsp3) is 0.233. The number of nitrogens with zero attached hydrogens (tertiary/aromatic N) is 3. The first-order chi connectivity index (χ1) is 19.9. The van der Waals surface area contributed by atoms with Crippen LogP contribution in [-0.4, -0.2) is 47.1 Å². The molecule has 1 aromatic heterocycles. The Labute approximate surface area is 252 Å². The van der Waals surface area contributed by atoms with Crippen LogP contribution in [0, 0.1) is 5.92 Å². The molecular weight excluding hydrogens is 585 g/mol. The van der Waals surface area contributed by atoms with Crippen molar-refractivity contribution in [1.29, 1.82) is 0 Å². The van der Waals surface area contributed by atoms with Crippen molar-refractivity contribution in [3.8, 4) is 11.1 Å². The molecule has 1 saturated heterocycles. The maximum atomic E-state index is 13.4. The molecule has 0 aliphatic carbocycles. The molecule has 0 spiro atoms. The Morgan fingerprint density at radius 3 is 2.49 bits per heavy atom. The zero-order valence-corrected chi connectivity index (χ0v) is 24.3. The molecule has 11 heteroatoms. The maximum Gasteiger partial charge on any atom is 0.326 e. The van der Waals surface area contributed by atoms with Crippen molar-refractivity contribution in [2.24, 2.45) is 5.92 Å². The van der Waals surface area contributed by atoms with Crippen LogP contribution >= 0.6 is 34.8 Å². The Balaban J connectivity index is 1.54. The number of hydrogen-bond donors (Lipinski definition) is 2.